The smallest absolute Gasteiger partial charge is 0.337 e. The molecule has 2 aromatic carbocycles. The SMILES string of the molecule is C=Cc1nc(-c2ccc(C)c(C)c2)c(C)c(-c2ccc(Cl)cc2)c1C(OC(C)(C)C)C(=O)O. The number of nitrogens with zero attached hydrogens (tertiary/aromatic N) is 1. The Morgan fingerprint density at radius 3 is 2.18 bits per heavy atom. The van der Waals surface area contributed by atoms with Gasteiger partial charge in [0, 0.05) is 16.1 Å². The monoisotopic (exact) mass is 463 g/mol. The quantitative estimate of drug-likeness (QED) is 0.409. The maximum Gasteiger partial charge on any atom is 0.337 e. The van der Waals surface area contributed by atoms with Crippen molar-refractivity contribution >= 4 is 23.6 Å². The average molecular weight is 464 g/mol. The predicted octanol–water partition coefficient (Wildman–Crippen LogP) is 7.58. The fourth-order valence-electron chi connectivity index (χ4n) is 3.88. The van der Waals surface area contributed by atoms with Gasteiger partial charge in [-0.15, -0.1) is 0 Å². The molecule has 0 bridgehead atoms. The minimum Gasteiger partial charge on any atom is -0.479 e. The largest absolute Gasteiger partial charge is 0.479 e. The standard InChI is InChI=1S/C28H30ClNO3/c1-8-22-24(26(27(31)32)33-28(5,6)7)23(19-11-13-21(29)14-12-19)18(4)25(30-22)20-10-9-16(2)17(3)15-20/h8-15,26H,1H2,2-7H3,(H,31,32). The lowest BCUT2D eigenvalue weighted by Gasteiger charge is -2.29. The van der Waals surface area contributed by atoms with Crippen LogP contribution in [-0.2, 0) is 9.53 Å². The molecule has 1 aromatic heterocycles. The lowest BCUT2D eigenvalue weighted by Crippen LogP contribution is -2.28. The highest BCUT2D eigenvalue weighted by molar-refractivity contribution is 6.30. The molecule has 0 amide bonds. The van der Waals surface area contributed by atoms with Crippen LogP contribution in [0.5, 0.6) is 0 Å². The summed E-state index contributed by atoms with van der Waals surface area (Å²) < 4.78 is 6.04. The maximum atomic E-state index is 12.4. The first-order chi connectivity index (χ1) is 15.4. The molecule has 0 aliphatic rings. The molecule has 0 aliphatic heterocycles. The van der Waals surface area contributed by atoms with Crippen LogP contribution in [0.3, 0.4) is 0 Å². The van der Waals surface area contributed by atoms with E-state index in [-0.39, 0.29) is 0 Å². The van der Waals surface area contributed by atoms with E-state index in [9.17, 15) is 9.90 Å². The highest BCUT2D eigenvalue weighted by Crippen LogP contribution is 2.41. The molecule has 33 heavy (non-hydrogen) atoms. The second-order valence-electron chi connectivity index (χ2n) is 9.22. The van der Waals surface area contributed by atoms with E-state index < -0.39 is 17.7 Å². The van der Waals surface area contributed by atoms with Crippen LogP contribution in [0, 0.1) is 20.8 Å². The van der Waals surface area contributed by atoms with Crippen molar-refractivity contribution in [2.75, 3.05) is 0 Å². The molecule has 1 N–H and O–H groups in total. The summed E-state index contributed by atoms with van der Waals surface area (Å²) in [5.41, 5.74) is 6.85. The molecular weight excluding hydrogens is 434 g/mol. The Morgan fingerprint density at radius 2 is 1.67 bits per heavy atom. The molecule has 1 unspecified atom stereocenters. The van der Waals surface area contributed by atoms with Gasteiger partial charge >= 0.3 is 5.97 Å². The zero-order valence-electron chi connectivity index (χ0n) is 20.0. The van der Waals surface area contributed by atoms with Gasteiger partial charge in [0.1, 0.15) is 0 Å². The van der Waals surface area contributed by atoms with E-state index in [0.29, 0.717) is 16.3 Å². The first kappa shape index (κ1) is 24.7. The molecule has 0 fully saturated rings. The first-order valence-electron chi connectivity index (χ1n) is 10.8. The number of rotatable bonds is 6. The van der Waals surface area contributed by atoms with E-state index in [0.717, 1.165) is 33.5 Å². The Bertz CT molecular complexity index is 1210. The zero-order chi connectivity index (χ0) is 24.5. The molecule has 5 heteroatoms. The van der Waals surface area contributed by atoms with Crippen molar-refractivity contribution in [3.8, 4) is 22.4 Å². The van der Waals surface area contributed by atoms with Crippen LogP contribution >= 0.6 is 11.6 Å². The Morgan fingerprint density at radius 1 is 1.06 bits per heavy atom. The Kier molecular flexibility index (Phi) is 7.11. The Labute approximate surface area is 200 Å². The molecule has 0 saturated heterocycles. The summed E-state index contributed by atoms with van der Waals surface area (Å²) in [6, 6.07) is 13.6. The van der Waals surface area contributed by atoms with E-state index >= 15 is 0 Å². The number of hydrogen-bond donors (Lipinski definition) is 1. The summed E-state index contributed by atoms with van der Waals surface area (Å²) in [6.07, 6.45) is 0.379. The maximum absolute atomic E-state index is 12.4. The molecule has 3 rings (SSSR count). The van der Waals surface area contributed by atoms with Gasteiger partial charge in [0.2, 0.25) is 0 Å². The normalized spacial score (nSPS) is 12.5. The molecule has 0 spiro atoms. The lowest BCUT2D eigenvalue weighted by atomic mass is 9.88. The van der Waals surface area contributed by atoms with Gasteiger partial charge in [-0.3, -0.25) is 0 Å². The van der Waals surface area contributed by atoms with Gasteiger partial charge < -0.3 is 9.84 Å². The molecule has 1 atom stereocenters. The van der Waals surface area contributed by atoms with Crippen LogP contribution in [-0.4, -0.2) is 21.7 Å². The number of aliphatic carboxylic acids is 1. The number of aromatic nitrogens is 1. The number of aryl methyl sites for hydroxylation is 2. The van der Waals surface area contributed by atoms with Crippen molar-refractivity contribution in [3.05, 3.63) is 82.0 Å². The highest BCUT2D eigenvalue weighted by Gasteiger charge is 2.33. The van der Waals surface area contributed by atoms with E-state index in [4.69, 9.17) is 21.3 Å². The number of halogens is 1. The third kappa shape index (κ3) is 5.35. The fourth-order valence-corrected chi connectivity index (χ4v) is 4.00. The summed E-state index contributed by atoms with van der Waals surface area (Å²) >= 11 is 6.15. The minimum absolute atomic E-state index is 0.482. The van der Waals surface area contributed by atoms with Gasteiger partial charge in [-0.1, -0.05) is 42.4 Å². The number of benzene rings is 2. The van der Waals surface area contributed by atoms with Crippen molar-refractivity contribution in [2.45, 2.75) is 53.2 Å². The molecular formula is C28H30ClNO3. The van der Waals surface area contributed by atoms with Gasteiger partial charge in [-0.25, -0.2) is 9.78 Å². The number of carboxylic acids is 1. The fraction of sp³-hybridized carbons (Fsp3) is 0.286. The second kappa shape index (κ2) is 9.50. The van der Waals surface area contributed by atoms with Gasteiger partial charge in [0.15, 0.2) is 6.10 Å². The molecule has 0 aliphatic carbocycles. The van der Waals surface area contributed by atoms with Crippen LogP contribution in [0.1, 0.15) is 54.8 Å². The first-order valence-corrected chi connectivity index (χ1v) is 11.2. The predicted molar refractivity (Wildman–Crippen MR) is 136 cm³/mol. The summed E-state index contributed by atoms with van der Waals surface area (Å²) in [7, 11) is 0. The third-order valence-electron chi connectivity index (χ3n) is 5.57. The summed E-state index contributed by atoms with van der Waals surface area (Å²) in [5, 5.41) is 10.8. The van der Waals surface area contributed by atoms with Crippen molar-refractivity contribution in [1.29, 1.82) is 0 Å². The molecule has 1 heterocycles. The number of carboxylic acid groups (broad SMARTS) is 1. The Hall–Kier alpha value is -2.95. The van der Waals surface area contributed by atoms with Gasteiger partial charge in [-0.2, -0.15) is 0 Å². The Balaban J connectivity index is 2.42. The van der Waals surface area contributed by atoms with Gasteiger partial charge in [0.25, 0.3) is 0 Å². The zero-order valence-corrected chi connectivity index (χ0v) is 20.7. The second-order valence-corrected chi connectivity index (χ2v) is 9.65. The number of hydrogen-bond acceptors (Lipinski definition) is 3. The number of pyridine rings is 1. The van der Waals surface area contributed by atoms with Crippen LogP contribution in [0.2, 0.25) is 5.02 Å². The van der Waals surface area contributed by atoms with Crippen molar-refractivity contribution in [3.63, 3.8) is 0 Å². The summed E-state index contributed by atoms with van der Waals surface area (Å²) in [4.78, 5) is 17.3. The minimum atomic E-state index is -1.22. The van der Waals surface area contributed by atoms with Gasteiger partial charge in [-0.05, 0) is 93.6 Å². The van der Waals surface area contributed by atoms with Crippen molar-refractivity contribution < 1.29 is 14.6 Å². The average Bonchev–Trinajstić information content (AvgIpc) is 2.74. The lowest BCUT2D eigenvalue weighted by molar-refractivity contribution is -0.160. The third-order valence-corrected chi connectivity index (χ3v) is 5.82. The highest BCUT2D eigenvalue weighted by atomic mass is 35.5. The topological polar surface area (TPSA) is 59.4 Å². The molecule has 3 aromatic rings. The van der Waals surface area contributed by atoms with Crippen LogP contribution < -0.4 is 0 Å². The summed E-state index contributed by atoms with van der Waals surface area (Å²) in [5.74, 6) is -1.08. The van der Waals surface area contributed by atoms with Crippen LogP contribution in [0.4, 0.5) is 0 Å². The molecule has 0 saturated carbocycles. The van der Waals surface area contributed by atoms with Crippen molar-refractivity contribution in [2.24, 2.45) is 0 Å². The molecule has 0 radical (unpaired) electrons. The van der Waals surface area contributed by atoms with E-state index in [1.807, 2.05) is 45.9 Å². The van der Waals surface area contributed by atoms with E-state index in [1.54, 1.807) is 18.2 Å². The van der Waals surface area contributed by atoms with Gasteiger partial charge in [0.05, 0.1) is 17.0 Å². The van der Waals surface area contributed by atoms with E-state index in [2.05, 4.69) is 32.6 Å². The number of carbonyl (C=O) groups is 1. The van der Waals surface area contributed by atoms with Crippen LogP contribution in [0.25, 0.3) is 28.5 Å². The van der Waals surface area contributed by atoms with E-state index in [1.165, 1.54) is 5.56 Å². The number of ether oxygens (including phenoxy) is 1. The van der Waals surface area contributed by atoms with Crippen molar-refractivity contribution in [1.82, 2.24) is 4.98 Å². The summed E-state index contributed by atoms with van der Waals surface area (Å²) in [6.45, 7) is 15.5. The molecule has 172 valence electrons. The molecule has 4 nitrogen and oxygen atoms in total. The van der Waals surface area contributed by atoms with Crippen LogP contribution in [0.15, 0.2) is 49.0 Å².